The van der Waals surface area contributed by atoms with E-state index in [9.17, 15) is 8.78 Å². The maximum Gasteiger partial charge on any atom is 0.126 e. The van der Waals surface area contributed by atoms with Crippen molar-refractivity contribution >= 4 is 11.8 Å². The lowest BCUT2D eigenvalue weighted by molar-refractivity contribution is 0.575. The molecule has 1 aromatic rings. The van der Waals surface area contributed by atoms with Gasteiger partial charge < -0.3 is 0 Å². The third-order valence-corrected chi connectivity index (χ3v) is 4.20. The van der Waals surface area contributed by atoms with E-state index in [2.05, 4.69) is 6.07 Å². The summed E-state index contributed by atoms with van der Waals surface area (Å²) in [6.45, 7) is 0. The molecule has 1 aromatic carbocycles. The number of rotatable bonds is 2. The molecule has 0 saturated carbocycles. The topological polar surface area (TPSA) is 23.8 Å². The van der Waals surface area contributed by atoms with Crippen LogP contribution in [-0.2, 0) is 6.42 Å². The molecule has 0 aromatic heterocycles. The van der Waals surface area contributed by atoms with Crippen LogP contribution in [0.4, 0.5) is 8.78 Å². The molecule has 0 N–H and O–H groups in total. The number of hydrogen-bond acceptors (Lipinski definition) is 2. The third kappa shape index (κ3) is 2.35. The van der Waals surface area contributed by atoms with Gasteiger partial charge in [0.05, 0.1) is 6.07 Å². The van der Waals surface area contributed by atoms with Crippen LogP contribution in [0.15, 0.2) is 18.2 Å². The Labute approximate surface area is 97.5 Å². The molecule has 0 amide bonds. The first-order chi connectivity index (χ1) is 7.63. The van der Waals surface area contributed by atoms with Gasteiger partial charge in [0.25, 0.3) is 0 Å². The van der Waals surface area contributed by atoms with Gasteiger partial charge in [-0.1, -0.05) is 0 Å². The highest BCUT2D eigenvalue weighted by atomic mass is 32.2. The van der Waals surface area contributed by atoms with Crippen LogP contribution in [-0.4, -0.2) is 10.5 Å². The van der Waals surface area contributed by atoms with Crippen molar-refractivity contribution in [3.05, 3.63) is 35.4 Å². The van der Waals surface area contributed by atoms with Gasteiger partial charge in [-0.3, -0.25) is 0 Å². The molecule has 1 aliphatic rings. The second-order valence-electron chi connectivity index (χ2n) is 4.01. The summed E-state index contributed by atoms with van der Waals surface area (Å²) in [6.07, 6.45) is 2.21. The second-order valence-corrected chi connectivity index (χ2v) is 5.49. The quantitative estimate of drug-likeness (QED) is 0.790. The maximum atomic E-state index is 13.0. The van der Waals surface area contributed by atoms with E-state index in [1.54, 1.807) is 11.8 Å². The summed E-state index contributed by atoms with van der Waals surface area (Å²) in [4.78, 5) is 0. The summed E-state index contributed by atoms with van der Waals surface area (Å²) in [5, 5.41) is 9.16. The first-order valence-electron chi connectivity index (χ1n) is 5.14. The number of halogens is 2. The number of nitrogens with zero attached hydrogens (tertiary/aromatic N) is 1. The van der Waals surface area contributed by atoms with Gasteiger partial charge in [-0.25, -0.2) is 8.78 Å². The van der Waals surface area contributed by atoms with Gasteiger partial charge in [0, 0.05) is 12.5 Å². The van der Waals surface area contributed by atoms with Crippen molar-refractivity contribution in [1.82, 2.24) is 0 Å². The fraction of sp³-hybridized carbons (Fsp3) is 0.417. The van der Waals surface area contributed by atoms with Gasteiger partial charge in [0.15, 0.2) is 0 Å². The van der Waals surface area contributed by atoms with Crippen molar-refractivity contribution in [2.24, 2.45) is 0 Å². The normalized spacial score (nSPS) is 24.3. The van der Waals surface area contributed by atoms with Crippen LogP contribution in [0.5, 0.6) is 0 Å². The van der Waals surface area contributed by atoms with Crippen molar-refractivity contribution in [3.63, 3.8) is 0 Å². The lowest BCUT2D eigenvalue weighted by atomic mass is 9.95. The summed E-state index contributed by atoms with van der Waals surface area (Å²) in [6, 6.07) is 5.75. The second kappa shape index (κ2) is 4.42. The zero-order chi connectivity index (χ0) is 11.6. The van der Waals surface area contributed by atoms with Crippen LogP contribution in [0.1, 0.15) is 18.4 Å². The Bertz CT molecular complexity index is 413. The molecule has 1 fully saturated rings. The zero-order valence-corrected chi connectivity index (χ0v) is 9.49. The van der Waals surface area contributed by atoms with Gasteiger partial charge in [0.2, 0.25) is 0 Å². The van der Waals surface area contributed by atoms with Gasteiger partial charge in [-0.15, -0.1) is 11.8 Å². The van der Waals surface area contributed by atoms with Gasteiger partial charge >= 0.3 is 0 Å². The van der Waals surface area contributed by atoms with Crippen molar-refractivity contribution in [2.75, 3.05) is 5.75 Å². The summed E-state index contributed by atoms with van der Waals surface area (Å²) in [5.41, 5.74) is 0.563. The van der Waals surface area contributed by atoms with E-state index >= 15 is 0 Å². The number of benzene rings is 1. The molecule has 1 unspecified atom stereocenters. The van der Waals surface area contributed by atoms with E-state index in [0.717, 1.165) is 24.7 Å². The zero-order valence-electron chi connectivity index (χ0n) is 8.67. The van der Waals surface area contributed by atoms with E-state index < -0.39 is 16.4 Å². The molecule has 84 valence electrons. The Balaban J connectivity index is 2.23. The van der Waals surface area contributed by atoms with Gasteiger partial charge in [0.1, 0.15) is 16.4 Å². The molecule has 1 heterocycles. The van der Waals surface area contributed by atoms with Crippen LogP contribution in [0.25, 0.3) is 0 Å². The third-order valence-electron chi connectivity index (χ3n) is 2.72. The van der Waals surface area contributed by atoms with Crippen molar-refractivity contribution < 1.29 is 8.78 Å². The van der Waals surface area contributed by atoms with E-state index in [1.165, 1.54) is 12.1 Å². The standard InChI is InChI=1S/C12H11F2NS/c13-10-4-9(5-11(14)6-10)7-12(8-15)2-1-3-16-12/h4-6H,1-3,7H2. The van der Waals surface area contributed by atoms with Crippen LogP contribution in [0.2, 0.25) is 0 Å². The SMILES string of the molecule is N#CC1(Cc2cc(F)cc(F)c2)CCCS1. The minimum atomic E-state index is -0.578. The van der Waals surface area contributed by atoms with E-state index in [-0.39, 0.29) is 0 Å². The summed E-state index contributed by atoms with van der Waals surface area (Å²) < 4.78 is 25.5. The van der Waals surface area contributed by atoms with E-state index in [0.29, 0.717) is 12.0 Å². The van der Waals surface area contributed by atoms with E-state index in [4.69, 9.17) is 5.26 Å². The van der Waals surface area contributed by atoms with Crippen LogP contribution in [0, 0.1) is 23.0 Å². The molecular weight excluding hydrogens is 228 g/mol. The Kier molecular flexibility index (Phi) is 3.15. The fourth-order valence-electron chi connectivity index (χ4n) is 2.01. The predicted octanol–water partition coefficient (Wildman–Crippen LogP) is 3.30. The minimum Gasteiger partial charge on any atom is -0.207 e. The molecule has 0 spiro atoms. The van der Waals surface area contributed by atoms with Gasteiger partial charge in [-0.2, -0.15) is 5.26 Å². The van der Waals surface area contributed by atoms with Crippen molar-refractivity contribution in [2.45, 2.75) is 24.0 Å². The summed E-state index contributed by atoms with van der Waals surface area (Å²) >= 11 is 1.59. The molecule has 4 heteroatoms. The molecule has 0 radical (unpaired) electrons. The number of nitriles is 1. The van der Waals surface area contributed by atoms with Crippen molar-refractivity contribution in [3.8, 4) is 6.07 Å². The van der Waals surface area contributed by atoms with Crippen LogP contribution >= 0.6 is 11.8 Å². The average molecular weight is 239 g/mol. The number of hydrogen-bond donors (Lipinski definition) is 0. The monoisotopic (exact) mass is 239 g/mol. The van der Waals surface area contributed by atoms with Crippen LogP contribution in [0.3, 0.4) is 0 Å². The summed E-state index contributed by atoms with van der Waals surface area (Å²) in [5.74, 6) is -0.206. The largest absolute Gasteiger partial charge is 0.207 e. The molecule has 1 aliphatic heterocycles. The highest BCUT2D eigenvalue weighted by Crippen LogP contribution is 2.40. The lowest BCUT2D eigenvalue weighted by Gasteiger charge is -2.19. The Morgan fingerprint density at radius 2 is 2.00 bits per heavy atom. The summed E-state index contributed by atoms with van der Waals surface area (Å²) in [7, 11) is 0. The first-order valence-corrected chi connectivity index (χ1v) is 6.12. The molecule has 0 bridgehead atoms. The Morgan fingerprint density at radius 1 is 1.31 bits per heavy atom. The number of thioether (sulfide) groups is 1. The highest BCUT2D eigenvalue weighted by molar-refractivity contribution is 8.01. The molecule has 2 rings (SSSR count). The highest BCUT2D eigenvalue weighted by Gasteiger charge is 2.35. The molecular formula is C12H11F2NS. The fourth-order valence-corrected chi connectivity index (χ4v) is 3.31. The lowest BCUT2D eigenvalue weighted by Crippen LogP contribution is -2.21. The molecule has 1 atom stereocenters. The smallest absolute Gasteiger partial charge is 0.126 e. The molecule has 0 aliphatic carbocycles. The van der Waals surface area contributed by atoms with Crippen molar-refractivity contribution in [1.29, 1.82) is 5.26 Å². The van der Waals surface area contributed by atoms with E-state index in [1.807, 2.05) is 0 Å². The predicted molar refractivity (Wildman–Crippen MR) is 60.1 cm³/mol. The van der Waals surface area contributed by atoms with Crippen LogP contribution < -0.4 is 0 Å². The first kappa shape index (κ1) is 11.4. The maximum absolute atomic E-state index is 13.0. The van der Waals surface area contributed by atoms with Gasteiger partial charge in [-0.05, 0) is 36.3 Å². The minimum absolute atomic E-state index is 0.419. The molecule has 16 heavy (non-hydrogen) atoms. The molecule has 1 nitrogen and oxygen atoms in total. The Hall–Kier alpha value is -1.08. The average Bonchev–Trinajstić information content (AvgIpc) is 2.65. The molecule has 1 saturated heterocycles. The Morgan fingerprint density at radius 3 is 2.50 bits per heavy atom.